The Kier molecular flexibility index (Phi) is 5.46. The third kappa shape index (κ3) is 4.44. The maximum absolute atomic E-state index is 5.13. The van der Waals surface area contributed by atoms with Crippen molar-refractivity contribution >= 4 is 29.7 Å². The molecule has 126 valence electrons. The van der Waals surface area contributed by atoms with E-state index in [2.05, 4.69) is 93.6 Å². The van der Waals surface area contributed by atoms with Crippen molar-refractivity contribution in [1.82, 2.24) is 0 Å². The molecule has 0 fully saturated rings. The zero-order chi connectivity index (χ0) is 17.7. The molecule has 1 nitrogen and oxygen atoms in total. The summed E-state index contributed by atoms with van der Waals surface area (Å²) < 4.78 is 0. The number of hydrogen-bond acceptors (Lipinski definition) is 1. The average molecular weight is 345 g/mol. The lowest BCUT2D eigenvalue weighted by atomic mass is 9.98. The molecule has 3 aromatic rings. The lowest BCUT2D eigenvalue weighted by Crippen LogP contribution is -2.27. The van der Waals surface area contributed by atoms with Gasteiger partial charge in [0.2, 0.25) is 0 Å². The zero-order valence-electron chi connectivity index (χ0n) is 15.1. The minimum atomic E-state index is -0.676. The molecule has 25 heavy (non-hydrogen) atoms. The van der Waals surface area contributed by atoms with Crippen molar-refractivity contribution in [2.24, 2.45) is 10.4 Å². The first-order valence-corrected chi connectivity index (χ1v) is 9.94. The van der Waals surface area contributed by atoms with Crippen molar-refractivity contribution in [3.8, 4) is 0 Å². The fourth-order valence-electron chi connectivity index (χ4n) is 2.73. The Morgan fingerprint density at radius 3 is 1.44 bits per heavy atom. The van der Waals surface area contributed by atoms with Gasteiger partial charge in [-0.05, 0) is 22.7 Å². The van der Waals surface area contributed by atoms with Crippen molar-refractivity contribution in [1.29, 1.82) is 0 Å². The van der Waals surface area contributed by atoms with E-state index in [1.165, 1.54) is 16.1 Å². The molecule has 0 aliphatic carbocycles. The molecule has 2 heteroatoms. The van der Waals surface area contributed by atoms with Gasteiger partial charge in [-0.1, -0.05) is 99.6 Å². The van der Waals surface area contributed by atoms with Gasteiger partial charge in [-0.15, -0.1) is 0 Å². The molecule has 3 rings (SSSR count). The van der Waals surface area contributed by atoms with Crippen molar-refractivity contribution in [2.75, 3.05) is 0 Å². The number of rotatable bonds is 4. The second-order valence-corrected chi connectivity index (χ2v) is 9.15. The summed E-state index contributed by atoms with van der Waals surface area (Å²) in [6, 6.07) is 31.8. The molecule has 0 aliphatic heterocycles. The largest absolute Gasteiger partial charge is 0.252 e. The van der Waals surface area contributed by atoms with Crippen LogP contribution in [0.1, 0.15) is 20.8 Å². The van der Waals surface area contributed by atoms with Crippen molar-refractivity contribution < 1.29 is 0 Å². The van der Waals surface area contributed by atoms with Gasteiger partial charge in [0, 0.05) is 13.3 Å². The van der Waals surface area contributed by atoms with E-state index in [0.717, 1.165) is 5.69 Å². The third-order valence-electron chi connectivity index (χ3n) is 3.90. The van der Waals surface area contributed by atoms with Crippen molar-refractivity contribution in [3.63, 3.8) is 0 Å². The maximum Gasteiger partial charge on any atom is 0.0633 e. The zero-order valence-corrected chi connectivity index (χ0v) is 15.9. The Hall–Kier alpha value is -2.24. The van der Waals surface area contributed by atoms with Crippen LogP contribution in [0.25, 0.3) is 0 Å². The van der Waals surface area contributed by atoms with E-state index < -0.39 is 7.92 Å². The van der Waals surface area contributed by atoms with Crippen LogP contribution in [-0.4, -0.2) is 5.45 Å². The molecular weight excluding hydrogens is 321 g/mol. The van der Waals surface area contributed by atoms with E-state index in [9.17, 15) is 0 Å². The summed E-state index contributed by atoms with van der Waals surface area (Å²) in [6.07, 6.45) is 0. The van der Waals surface area contributed by atoms with Gasteiger partial charge in [0.15, 0.2) is 0 Å². The quantitative estimate of drug-likeness (QED) is 0.413. The summed E-state index contributed by atoms with van der Waals surface area (Å²) in [7, 11) is -0.676. The number of benzene rings is 3. The van der Waals surface area contributed by atoms with Crippen LogP contribution in [0.5, 0.6) is 0 Å². The average Bonchev–Trinajstić information content (AvgIpc) is 2.63. The Labute approximate surface area is 152 Å². The van der Waals surface area contributed by atoms with Crippen LogP contribution in [-0.2, 0) is 0 Å². The van der Waals surface area contributed by atoms with Crippen molar-refractivity contribution in [3.05, 3.63) is 91.0 Å². The highest BCUT2D eigenvalue weighted by molar-refractivity contribution is 7.88. The van der Waals surface area contributed by atoms with Crippen LogP contribution in [0.15, 0.2) is 96.0 Å². The molecule has 0 radical (unpaired) electrons. The highest BCUT2D eigenvalue weighted by Crippen LogP contribution is 2.44. The van der Waals surface area contributed by atoms with E-state index in [1.54, 1.807) is 0 Å². The summed E-state index contributed by atoms with van der Waals surface area (Å²) in [5.74, 6) is 0. The van der Waals surface area contributed by atoms with Crippen LogP contribution in [0.2, 0.25) is 0 Å². The first kappa shape index (κ1) is 17.6. The molecule has 0 saturated carbocycles. The Bertz CT molecular complexity index is 779. The first-order chi connectivity index (χ1) is 12.1. The summed E-state index contributed by atoms with van der Waals surface area (Å²) in [5, 5.41) is 2.68. The molecule has 0 atom stereocenters. The predicted octanol–water partition coefficient (Wildman–Crippen LogP) is 5.90. The molecule has 0 N–H and O–H groups in total. The number of para-hydroxylation sites is 1. The van der Waals surface area contributed by atoms with E-state index in [-0.39, 0.29) is 5.41 Å². The predicted molar refractivity (Wildman–Crippen MR) is 112 cm³/mol. The molecule has 0 aliphatic rings. The Morgan fingerprint density at radius 1 is 0.640 bits per heavy atom. The number of nitrogens with zero attached hydrogens (tertiary/aromatic N) is 1. The van der Waals surface area contributed by atoms with E-state index in [1.807, 2.05) is 18.2 Å². The fraction of sp³-hybridized carbons (Fsp3) is 0.174. The van der Waals surface area contributed by atoms with Crippen LogP contribution in [0.3, 0.4) is 0 Å². The summed E-state index contributed by atoms with van der Waals surface area (Å²) in [4.78, 5) is 5.13. The molecule has 0 unspecified atom stereocenters. The van der Waals surface area contributed by atoms with Gasteiger partial charge >= 0.3 is 0 Å². The first-order valence-electron chi connectivity index (χ1n) is 8.60. The molecule has 0 amide bonds. The topological polar surface area (TPSA) is 12.4 Å². The highest BCUT2D eigenvalue weighted by atomic mass is 31.1. The minimum absolute atomic E-state index is 0.0206. The molecule has 0 aromatic heterocycles. The number of hydrogen-bond donors (Lipinski definition) is 0. The minimum Gasteiger partial charge on any atom is -0.252 e. The smallest absolute Gasteiger partial charge is 0.0633 e. The van der Waals surface area contributed by atoms with E-state index >= 15 is 0 Å². The van der Waals surface area contributed by atoms with Crippen LogP contribution >= 0.6 is 7.92 Å². The van der Waals surface area contributed by atoms with Gasteiger partial charge in [-0.2, -0.15) is 0 Å². The molecule has 0 saturated heterocycles. The maximum atomic E-state index is 5.13. The molecule has 0 heterocycles. The standard InChI is InChI=1S/C23H24NP/c1-23(2,3)22(24-19-13-7-4-8-14-19)25(20-15-9-5-10-16-20)21-17-11-6-12-18-21/h4-18H,1-3H3. The number of aliphatic imine (C=N–C) groups is 1. The second-order valence-electron chi connectivity index (χ2n) is 7.03. The van der Waals surface area contributed by atoms with Crippen LogP contribution in [0.4, 0.5) is 5.69 Å². The van der Waals surface area contributed by atoms with Crippen LogP contribution in [0, 0.1) is 5.41 Å². The van der Waals surface area contributed by atoms with Gasteiger partial charge in [0.25, 0.3) is 0 Å². The van der Waals surface area contributed by atoms with Gasteiger partial charge in [-0.25, -0.2) is 0 Å². The lowest BCUT2D eigenvalue weighted by Gasteiger charge is -2.30. The summed E-state index contributed by atoms with van der Waals surface area (Å²) >= 11 is 0. The van der Waals surface area contributed by atoms with Gasteiger partial charge in [0.1, 0.15) is 0 Å². The third-order valence-corrected chi connectivity index (χ3v) is 6.73. The normalized spacial score (nSPS) is 12.4. The monoisotopic (exact) mass is 345 g/mol. The Balaban J connectivity index is 2.19. The van der Waals surface area contributed by atoms with Crippen molar-refractivity contribution in [2.45, 2.75) is 20.8 Å². The second kappa shape index (κ2) is 7.76. The van der Waals surface area contributed by atoms with E-state index in [0.29, 0.717) is 0 Å². The van der Waals surface area contributed by atoms with Gasteiger partial charge in [0.05, 0.1) is 11.1 Å². The molecule has 3 aromatic carbocycles. The van der Waals surface area contributed by atoms with Gasteiger partial charge in [-0.3, -0.25) is 4.99 Å². The van der Waals surface area contributed by atoms with Crippen LogP contribution < -0.4 is 10.6 Å². The Morgan fingerprint density at radius 2 is 1.04 bits per heavy atom. The highest BCUT2D eigenvalue weighted by Gasteiger charge is 2.29. The SMILES string of the molecule is CC(C)(C)C(=Nc1ccccc1)P(c1ccccc1)c1ccccc1. The molecule has 0 bridgehead atoms. The fourth-order valence-corrected chi connectivity index (χ4v) is 5.34. The lowest BCUT2D eigenvalue weighted by molar-refractivity contribution is 0.601. The van der Waals surface area contributed by atoms with E-state index in [4.69, 9.17) is 4.99 Å². The van der Waals surface area contributed by atoms with Gasteiger partial charge < -0.3 is 0 Å². The summed E-state index contributed by atoms with van der Waals surface area (Å²) in [6.45, 7) is 6.78. The molecule has 0 spiro atoms. The summed E-state index contributed by atoms with van der Waals surface area (Å²) in [5.41, 5.74) is 2.24. The molecular formula is C23H24NP.